The number of aromatic nitrogens is 3. The molecule has 0 aliphatic carbocycles. The first-order chi connectivity index (χ1) is 11.2. The number of hydrogen-bond donors (Lipinski definition) is 1. The number of rotatable bonds is 5. The van der Waals surface area contributed by atoms with Gasteiger partial charge in [0, 0.05) is 11.1 Å². The number of benzene rings is 2. The summed E-state index contributed by atoms with van der Waals surface area (Å²) in [6, 6.07) is 13.9. The summed E-state index contributed by atoms with van der Waals surface area (Å²) in [6.07, 6.45) is 0. The van der Waals surface area contributed by atoms with Crippen LogP contribution in [-0.4, -0.2) is 27.2 Å². The zero-order valence-corrected chi connectivity index (χ0v) is 12.6. The predicted molar refractivity (Wildman–Crippen MR) is 83.4 cm³/mol. The van der Waals surface area contributed by atoms with Crippen molar-refractivity contribution in [3.8, 4) is 17.0 Å². The number of nitrogens with zero attached hydrogens (tertiary/aromatic N) is 3. The van der Waals surface area contributed by atoms with Crippen molar-refractivity contribution in [1.29, 1.82) is 0 Å². The van der Waals surface area contributed by atoms with E-state index in [9.17, 15) is 9.50 Å². The maximum Gasteiger partial charge on any atom is 0.128 e. The molecule has 0 radical (unpaired) electrons. The van der Waals surface area contributed by atoms with E-state index < -0.39 is 0 Å². The van der Waals surface area contributed by atoms with E-state index in [1.54, 1.807) is 30.0 Å². The zero-order valence-electron chi connectivity index (χ0n) is 12.6. The Labute approximate surface area is 133 Å². The number of halogens is 1. The van der Waals surface area contributed by atoms with E-state index >= 15 is 0 Å². The van der Waals surface area contributed by atoms with E-state index in [0.29, 0.717) is 17.0 Å². The van der Waals surface area contributed by atoms with Crippen molar-refractivity contribution in [2.45, 2.75) is 13.2 Å². The molecule has 5 nitrogen and oxygen atoms in total. The molecule has 0 aliphatic heterocycles. The molecule has 1 N–H and O–H groups in total. The normalized spacial score (nSPS) is 10.7. The van der Waals surface area contributed by atoms with Crippen molar-refractivity contribution in [1.82, 2.24) is 15.0 Å². The third-order valence-electron chi connectivity index (χ3n) is 3.60. The van der Waals surface area contributed by atoms with Crippen LogP contribution < -0.4 is 4.74 Å². The van der Waals surface area contributed by atoms with Crippen LogP contribution >= 0.6 is 0 Å². The van der Waals surface area contributed by atoms with Crippen molar-refractivity contribution in [3.63, 3.8) is 0 Å². The number of methoxy groups -OCH3 is 1. The highest BCUT2D eigenvalue weighted by Gasteiger charge is 2.15. The van der Waals surface area contributed by atoms with Gasteiger partial charge in [-0.2, -0.15) is 0 Å². The summed E-state index contributed by atoms with van der Waals surface area (Å²) in [5.41, 5.74) is 2.46. The van der Waals surface area contributed by atoms with E-state index in [-0.39, 0.29) is 19.0 Å². The van der Waals surface area contributed by atoms with Crippen molar-refractivity contribution in [2.24, 2.45) is 0 Å². The van der Waals surface area contributed by atoms with Gasteiger partial charge in [-0.3, -0.25) is 0 Å². The molecule has 2 aromatic carbocycles. The highest BCUT2D eigenvalue weighted by molar-refractivity contribution is 5.62. The van der Waals surface area contributed by atoms with Crippen LogP contribution in [0.3, 0.4) is 0 Å². The van der Waals surface area contributed by atoms with Gasteiger partial charge in [0.05, 0.1) is 26.0 Å². The fraction of sp³-hybridized carbons (Fsp3) is 0.176. The van der Waals surface area contributed by atoms with Gasteiger partial charge in [0.2, 0.25) is 0 Å². The molecule has 0 saturated heterocycles. The standard InChI is InChI=1S/C17H16FN3O2/c1-23-14-8-6-12(7-9-14)17-16(11-22)19-20-21(17)10-13-4-2-3-5-15(13)18/h2-9,22H,10-11H2,1H3. The Balaban J connectivity index is 2.01. The average Bonchev–Trinajstić information content (AvgIpc) is 3.00. The van der Waals surface area contributed by atoms with Gasteiger partial charge in [-0.05, 0) is 30.3 Å². The summed E-state index contributed by atoms with van der Waals surface area (Å²) in [4.78, 5) is 0. The van der Waals surface area contributed by atoms with Gasteiger partial charge in [0.25, 0.3) is 0 Å². The van der Waals surface area contributed by atoms with E-state index in [1.165, 1.54) is 6.07 Å². The van der Waals surface area contributed by atoms with Gasteiger partial charge in [-0.15, -0.1) is 5.10 Å². The second-order valence-electron chi connectivity index (χ2n) is 5.02. The first-order valence-corrected chi connectivity index (χ1v) is 7.14. The summed E-state index contributed by atoms with van der Waals surface area (Å²) in [5, 5.41) is 17.5. The van der Waals surface area contributed by atoms with Gasteiger partial charge in [0.15, 0.2) is 0 Å². The fourth-order valence-electron chi connectivity index (χ4n) is 2.42. The second kappa shape index (κ2) is 6.58. The van der Waals surface area contributed by atoms with Crippen LogP contribution in [0, 0.1) is 5.82 Å². The molecule has 6 heteroatoms. The van der Waals surface area contributed by atoms with Gasteiger partial charge < -0.3 is 9.84 Å². The van der Waals surface area contributed by atoms with Crippen LogP contribution in [0.25, 0.3) is 11.3 Å². The lowest BCUT2D eigenvalue weighted by Gasteiger charge is -2.09. The van der Waals surface area contributed by atoms with Crippen molar-refractivity contribution in [3.05, 3.63) is 65.6 Å². The van der Waals surface area contributed by atoms with E-state index in [2.05, 4.69) is 10.3 Å². The van der Waals surface area contributed by atoms with Crippen LogP contribution in [0.4, 0.5) is 4.39 Å². The lowest BCUT2D eigenvalue weighted by Crippen LogP contribution is -2.06. The number of aliphatic hydroxyl groups is 1. The van der Waals surface area contributed by atoms with Gasteiger partial charge in [-0.1, -0.05) is 23.4 Å². The topological polar surface area (TPSA) is 60.2 Å². The molecular weight excluding hydrogens is 297 g/mol. The first kappa shape index (κ1) is 15.2. The lowest BCUT2D eigenvalue weighted by molar-refractivity contribution is 0.277. The Morgan fingerprint density at radius 2 is 1.87 bits per heavy atom. The zero-order chi connectivity index (χ0) is 16.2. The Morgan fingerprint density at radius 1 is 1.13 bits per heavy atom. The summed E-state index contributed by atoms with van der Waals surface area (Å²) in [5.74, 6) is 0.432. The molecule has 0 fully saturated rings. The van der Waals surface area contributed by atoms with Crippen molar-refractivity contribution in [2.75, 3.05) is 7.11 Å². The molecule has 0 spiro atoms. The first-order valence-electron chi connectivity index (χ1n) is 7.14. The fourth-order valence-corrected chi connectivity index (χ4v) is 2.42. The largest absolute Gasteiger partial charge is 0.497 e. The SMILES string of the molecule is COc1ccc(-c2c(CO)nnn2Cc2ccccc2F)cc1. The maximum atomic E-state index is 13.9. The molecule has 0 aliphatic rings. The van der Waals surface area contributed by atoms with E-state index in [0.717, 1.165) is 11.3 Å². The third-order valence-corrected chi connectivity index (χ3v) is 3.60. The van der Waals surface area contributed by atoms with Gasteiger partial charge in [-0.25, -0.2) is 9.07 Å². The second-order valence-corrected chi connectivity index (χ2v) is 5.02. The van der Waals surface area contributed by atoms with E-state index in [4.69, 9.17) is 4.74 Å². The minimum Gasteiger partial charge on any atom is -0.497 e. The van der Waals surface area contributed by atoms with Crippen LogP contribution in [0.1, 0.15) is 11.3 Å². The number of hydrogen-bond acceptors (Lipinski definition) is 4. The number of ether oxygens (including phenoxy) is 1. The molecule has 0 atom stereocenters. The highest BCUT2D eigenvalue weighted by Crippen LogP contribution is 2.25. The Bertz CT molecular complexity index is 800. The van der Waals surface area contributed by atoms with Gasteiger partial charge >= 0.3 is 0 Å². The quantitative estimate of drug-likeness (QED) is 0.786. The van der Waals surface area contributed by atoms with Crippen LogP contribution in [0.5, 0.6) is 5.75 Å². The Morgan fingerprint density at radius 3 is 2.52 bits per heavy atom. The molecule has 118 valence electrons. The summed E-state index contributed by atoms with van der Waals surface area (Å²) in [7, 11) is 1.60. The molecule has 3 aromatic rings. The summed E-state index contributed by atoms with van der Waals surface area (Å²) < 4.78 is 20.6. The van der Waals surface area contributed by atoms with Gasteiger partial charge in [0.1, 0.15) is 17.3 Å². The average molecular weight is 313 g/mol. The highest BCUT2D eigenvalue weighted by atomic mass is 19.1. The van der Waals surface area contributed by atoms with Crippen LogP contribution in [-0.2, 0) is 13.2 Å². The monoisotopic (exact) mass is 313 g/mol. The Hall–Kier alpha value is -2.73. The molecular formula is C17H16FN3O2. The number of aliphatic hydroxyl groups excluding tert-OH is 1. The minimum absolute atomic E-state index is 0.237. The Kier molecular flexibility index (Phi) is 4.34. The van der Waals surface area contributed by atoms with Crippen molar-refractivity contribution >= 4 is 0 Å². The minimum atomic E-state index is -0.297. The smallest absolute Gasteiger partial charge is 0.128 e. The van der Waals surface area contributed by atoms with Crippen molar-refractivity contribution < 1.29 is 14.2 Å². The molecule has 0 saturated carbocycles. The maximum absolute atomic E-state index is 13.9. The van der Waals surface area contributed by atoms with Crippen LogP contribution in [0.15, 0.2) is 48.5 Å². The molecule has 1 aromatic heterocycles. The molecule has 0 unspecified atom stereocenters. The molecule has 0 amide bonds. The molecule has 1 heterocycles. The third kappa shape index (κ3) is 3.07. The lowest BCUT2D eigenvalue weighted by atomic mass is 10.1. The summed E-state index contributed by atoms with van der Waals surface area (Å²) >= 11 is 0. The van der Waals surface area contributed by atoms with Crippen LogP contribution in [0.2, 0.25) is 0 Å². The van der Waals surface area contributed by atoms with E-state index in [1.807, 2.05) is 24.3 Å². The molecule has 23 heavy (non-hydrogen) atoms. The molecule has 0 bridgehead atoms. The summed E-state index contributed by atoms with van der Waals surface area (Å²) in [6.45, 7) is -0.000327. The molecule has 3 rings (SSSR count). The predicted octanol–water partition coefficient (Wildman–Crippen LogP) is 2.63.